The van der Waals surface area contributed by atoms with Crippen molar-refractivity contribution in [3.8, 4) is 0 Å². The third-order valence-electron chi connectivity index (χ3n) is 3.00. The van der Waals surface area contributed by atoms with E-state index in [1.165, 1.54) is 4.31 Å². The van der Waals surface area contributed by atoms with Crippen LogP contribution in [0.1, 0.15) is 26.2 Å². The normalized spacial score (nSPS) is 21.8. The van der Waals surface area contributed by atoms with Gasteiger partial charge in [0.05, 0.1) is 0 Å². The van der Waals surface area contributed by atoms with Crippen molar-refractivity contribution < 1.29 is 8.42 Å². The molecule has 1 atom stereocenters. The average Bonchev–Trinajstić information content (AvgIpc) is 2.28. The standard InChI is InChI=1S/C11H16BrN3O2S/c1-9-5-2-3-8-15(9)18(16,17)14-11-7-4-6-10(12)13-11/h4,6-7,9H,2-3,5,8H2,1H3,(H,13,14). The van der Waals surface area contributed by atoms with Crippen LogP contribution in [0.3, 0.4) is 0 Å². The molecule has 1 aromatic rings. The van der Waals surface area contributed by atoms with Crippen molar-refractivity contribution in [2.75, 3.05) is 11.3 Å². The molecule has 0 aromatic carbocycles. The molecule has 0 radical (unpaired) electrons. The first kappa shape index (κ1) is 13.8. The molecule has 2 heterocycles. The molecule has 2 rings (SSSR count). The smallest absolute Gasteiger partial charge is 0.254 e. The van der Waals surface area contributed by atoms with Gasteiger partial charge < -0.3 is 0 Å². The van der Waals surface area contributed by atoms with Gasteiger partial charge in [-0.1, -0.05) is 12.5 Å². The summed E-state index contributed by atoms with van der Waals surface area (Å²) >= 11 is 3.22. The summed E-state index contributed by atoms with van der Waals surface area (Å²) in [5.74, 6) is 0.335. The third-order valence-corrected chi connectivity index (χ3v) is 5.07. The number of piperidine rings is 1. The van der Waals surface area contributed by atoms with Gasteiger partial charge in [0.15, 0.2) is 0 Å². The fraction of sp³-hybridized carbons (Fsp3) is 0.545. The number of nitrogens with zero attached hydrogens (tertiary/aromatic N) is 2. The lowest BCUT2D eigenvalue weighted by Crippen LogP contribution is -2.44. The van der Waals surface area contributed by atoms with Crippen molar-refractivity contribution in [2.45, 2.75) is 32.2 Å². The van der Waals surface area contributed by atoms with Crippen LogP contribution in [0.5, 0.6) is 0 Å². The van der Waals surface area contributed by atoms with Gasteiger partial charge in [-0.3, -0.25) is 4.72 Å². The van der Waals surface area contributed by atoms with E-state index in [1.54, 1.807) is 18.2 Å². The van der Waals surface area contributed by atoms with Crippen molar-refractivity contribution in [3.05, 3.63) is 22.8 Å². The molecule has 0 aliphatic carbocycles. The van der Waals surface area contributed by atoms with E-state index in [0.717, 1.165) is 19.3 Å². The van der Waals surface area contributed by atoms with Crippen molar-refractivity contribution >= 4 is 32.0 Å². The Bertz CT molecular complexity index is 521. The first-order valence-corrected chi connectivity index (χ1v) is 8.14. The van der Waals surface area contributed by atoms with Gasteiger partial charge in [0.2, 0.25) is 0 Å². The van der Waals surface area contributed by atoms with Crippen molar-refractivity contribution in [1.82, 2.24) is 9.29 Å². The van der Waals surface area contributed by atoms with Gasteiger partial charge in [-0.05, 0) is 47.8 Å². The fourth-order valence-electron chi connectivity index (χ4n) is 2.08. The van der Waals surface area contributed by atoms with E-state index in [4.69, 9.17) is 0 Å². The van der Waals surface area contributed by atoms with Gasteiger partial charge in [0, 0.05) is 12.6 Å². The number of hydrogen-bond donors (Lipinski definition) is 1. The molecule has 1 fully saturated rings. The number of nitrogens with one attached hydrogen (secondary N) is 1. The zero-order chi connectivity index (χ0) is 13.2. The fourth-order valence-corrected chi connectivity index (χ4v) is 3.87. The van der Waals surface area contributed by atoms with Crippen LogP contribution in [0, 0.1) is 0 Å². The summed E-state index contributed by atoms with van der Waals surface area (Å²) < 4.78 is 29.1. The third kappa shape index (κ3) is 3.21. The maximum Gasteiger partial charge on any atom is 0.303 e. The predicted molar refractivity (Wildman–Crippen MR) is 74.5 cm³/mol. The molecule has 100 valence electrons. The van der Waals surface area contributed by atoms with Crippen LogP contribution in [0.2, 0.25) is 0 Å². The Morgan fingerprint density at radius 1 is 1.44 bits per heavy atom. The second kappa shape index (κ2) is 5.54. The molecule has 1 aromatic heterocycles. The van der Waals surface area contributed by atoms with Gasteiger partial charge >= 0.3 is 10.2 Å². The molecule has 1 unspecified atom stereocenters. The number of hydrogen-bond acceptors (Lipinski definition) is 3. The van der Waals surface area contributed by atoms with Crippen LogP contribution in [-0.4, -0.2) is 30.3 Å². The molecular formula is C11H16BrN3O2S. The zero-order valence-corrected chi connectivity index (χ0v) is 12.5. The number of rotatable bonds is 3. The van der Waals surface area contributed by atoms with Crippen molar-refractivity contribution in [1.29, 1.82) is 0 Å². The first-order chi connectivity index (χ1) is 8.49. The van der Waals surface area contributed by atoms with E-state index in [9.17, 15) is 8.42 Å². The SMILES string of the molecule is CC1CCCCN1S(=O)(=O)Nc1cccc(Br)n1. The summed E-state index contributed by atoms with van der Waals surface area (Å²) in [4.78, 5) is 4.08. The highest BCUT2D eigenvalue weighted by Crippen LogP contribution is 2.21. The minimum absolute atomic E-state index is 0.0448. The van der Waals surface area contributed by atoms with Crippen LogP contribution < -0.4 is 4.72 Å². The van der Waals surface area contributed by atoms with Gasteiger partial charge in [-0.25, -0.2) is 4.98 Å². The molecule has 0 amide bonds. The topological polar surface area (TPSA) is 62.3 Å². The second-order valence-electron chi connectivity index (χ2n) is 4.41. The van der Waals surface area contributed by atoms with Crippen LogP contribution in [-0.2, 0) is 10.2 Å². The van der Waals surface area contributed by atoms with Crippen LogP contribution >= 0.6 is 15.9 Å². The van der Waals surface area contributed by atoms with Crippen molar-refractivity contribution in [2.24, 2.45) is 0 Å². The predicted octanol–water partition coefficient (Wildman–Crippen LogP) is 2.38. The van der Waals surface area contributed by atoms with Crippen LogP contribution in [0.4, 0.5) is 5.82 Å². The largest absolute Gasteiger partial charge is 0.303 e. The minimum atomic E-state index is -3.50. The number of aromatic nitrogens is 1. The Hall–Kier alpha value is -0.660. The number of pyridine rings is 1. The van der Waals surface area contributed by atoms with E-state index >= 15 is 0 Å². The Balaban J connectivity index is 2.16. The molecule has 1 N–H and O–H groups in total. The first-order valence-electron chi connectivity index (χ1n) is 5.91. The molecule has 1 saturated heterocycles. The lowest BCUT2D eigenvalue weighted by molar-refractivity contribution is 0.270. The highest BCUT2D eigenvalue weighted by molar-refractivity contribution is 9.10. The number of anilines is 1. The molecule has 5 nitrogen and oxygen atoms in total. The average molecular weight is 334 g/mol. The molecule has 0 spiro atoms. The summed E-state index contributed by atoms with van der Waals surface area (Å²) in [7, 11) is -3.50. The lowest BCUT2D eigenvalue weighted by Gasteiger charge is -2.32. The van der Waals surface area contributed by atoms with Gasteiger partial charge in [0.25, 0.3) is 0 Å². The van der Waals surface area contributed by atoms with E-state index in [0.29, 0.717) is 17.0 Å². The Labute approximate surface area is 116 Å². The Kier molecular flexibility index (Phi) is 4.24. The monoisotopic (exact) mass is 333 g/mol. The molecule has 7 heteroatoms. The van der Waals surface area contributed by atoms with E-state index in [2.05, 4.69) is 25.6 Å². The maximum absolute atomic E-state index is 12.2. The summed E-state index contributed by atoms with van der Waals surface area (Å²) in [6.45, 7) is 2.51. The molecule has 0 saturated carbocycles. The van der Waals surface area contributed by atoms with E-state index in [1.807, 2.05) is 6.92 Å². The van der Waals surface area contributed by atoms with Gasteiger partial charge in [-0.15, -0.1) is 0 Å². The summed E-state index contributed by atoms with van der Waals surface area (Å²) in [6.07, 6.45) is 2.91. The summed E-state index contributed by atoms with van der Waals surface area (Å²) in [5, 5.41) is 0. The Morgan fingerprint density at radius 3 is 2.89 bits per heavy atom. The maximum atomic E-state index is 12.2. The zero-order valence-electron chi connectivity index (χ0n) is 10.1. The molecule has 0 bridgehead atoms. The number of halogens is 1. The van der Waals surface area contributed by atoms with Crippen LogP contribution in [0.25, 0.3) is 0 Å². The van der Waals surface area contributed by atoms with Crippen LogP contribution in [0.15, 0.2) is 22.8 Å². The quantitative estimate of drug-likeness (QED) is 0.864. The lowest BCUT2D eigenvalue weighted by atomic mass is 10.1. The molecular weight excluding hydrogens is 318 g/mol. The second-order valence-corrected chi connectivity index (χ2v) is 6.84. The summed E-state index contributed by atoms with van der Waals surface area (Å²) in [5.41, 5.74) is 0. The van der Waals surface area contributed by atoms with Crippen molar-refractivity contribution in [3.63, 3.8) is 0 Å². The highest BCUT2D eigenvalue weighted by atomic mass is 79.9. The van der Waals surface area contributed by atoms with E-state index < -0.39 is 10.2 Å². The minimum Gasteiger partial charge on any atom is -0.254 e. The van der Waals surface area contributed by atoms with Gasteiger partial charge in [0.1, 0.15) is 10.4 Å². The molecule has 18 heavy (non-hydrogen) atoms. The highest BCUT2D eigenvalue weighted by Gasteiger charge is 2.29. The molecule has 1 aliphatic heterocycles. The molecule has 1 aliphatic rings. The van der Waals surface area contributed by atoms with E-state index in [-0.39, 0.29) is 6.04 Å². The van der Waals surface area contributed by atoms with Gasteiger partial charge in [-0.2, -0.15) is 12.7 Å². The Morgan fingerprint density at radius 2 is 2.22 bits per heavy atom. The summed E-state index contributed by atoms with van der Waals surface area (Å²) in [6, 6.07) is 5.18.